The van der Waals surface area contributed by atoms with E-state index in [-0.39, 0.29) is 17.0 Å². The Balaban J connectivity index is 1.77. The fourth-order valence-electron chi connectivity index (χ4n) is 2.93. The number of ether oxygens (including phenoxy) is 1. The van der Waals surface area contributed by atoms with Crippen molar-refractivity contribution in [3.63, 3.8) is 0 Å². The number of nitrogens with zero attached hydrogens (tertiary/aromatic N) is 1. The van der Waals surface area contributed by atoms with E-state index in [9.17, 15) is 28.0 Å². The van der Waals surface area contributed by atoms with Crippen LogP contribution in [0.25, 0.3) is 6.08 Å². The molecule has 0 saturated heterocycles. The van der Waals surface area contributed by atoms with Crippen LogP contribution in [0, 0.1) is 11.3 Å². The van der Waals surface area contributed by atoms with E-state index in [4.69, 9.17) is 16.3 Å². The second-order valence-corrected chi connectivity index (χ2v) is 8.52. The summed E-state index contributed by atoms with van der Waals surface area (Å²) in [5.41, 5.74) is -0.776. The van der Waals surface area contributed by atoms with E-state index in [1.54, 1.807) is 42.5 Å². The number of hydrogen-bond donors (Lipinski definition) is 2. The number of amides is 2. The highest BCUT2D eigenvalue weighted by Gasteiger charge is 2.30. The lowest BCUT2D eigenvalue weighted by Crippen LogP contribution is -2.20. The molecule has 3 rings (SSSR count). The molecule has 0 atom stereocenters. The van der Waals surface area contributed by atoms with Crippen LogP contribution >= 0.6 is 27.5 Å². The minimum absolute atomic E-state index is 0.127. The van der Waals surface area contributed by atoms with Crippen LogP contribution < -0.4 is 15.4 Å². The number of carbonyl (C=O) groups is 2. The molecular weight excluding hydrogens is 563 g/mol. The molecule has 0 aliphatic heterocycles. The summed E-state index contributed by atoms with van der Waals surface area (Å²) >= 11 is 9.32. The van der Waals surface area contributed by atoms with E-state index >= 15 is 0 Å². The Morgan fingerprint density at radius 3 is 2.50 bits per heavy atom. The van der Waals surface area contributed by atoms with Gasteiger partial charge in [0.2, 0.25) is 0 Å². The molecule has 11 heteroatoms. The van der Waals surface area contributed by atoms with Gasteiger partial charge in [-0.1, -0.05) is 45.7 Å². The number of nitrogens with one attached hydrogen (secondary N) is 2. The van der Waals surface area contributed by atoms with E-state index < -0.39 is 35.7 Å². The van der Waals surface area contributed by atoms with E-state index in [1.165, 1.54) is 18.2 Å². The zero-order valence-corrected chi connectivity index (χ0v) is 20.5. The number of carbonyl (C=O) groups excluding carboxylic acids is 2. The van der Waals surface area contributed by atoms with Crippen molar-refractivity contribution in [3.05, 3.63) is 92.9 Å². The number of anilines is 2. The zero-order valence-electron chi connectivity index (χ0n) is 18.2. The first-order valence-corrected chi connectivity index (χ1v) is 11.3. The lowest BCUT2D eigenvalue weighted by molar-refractivity contribution is -0.137. The van der Waals surface area contributed by atoms with Crippen LogP contribution in [-0.4, -0.2) is 18.4 Å². The topological polar surface area (TPSA) is 91.2 Å². The molecule has 184 valence electrons. The molecule has 2 amide bonds. The van der Waals surface area contributed by atoms with Crippen LogP contribution in [0.5, 0.6) is 5.75 Å². The van der Waals surface area contributed by atoms with Gasteiger partial charge in [0.25, 0.3) is 11.8 Å². The van der Waals surface area contributed by atoms with Crippen molar-refractivity contribution >= 4 is 56.8 Å². The number of rotatable bonds is 7. The first kappa shape index (κ1) is 26.8. The molecule has 3 aromatic carbocycles. The number of nitriles is 1. The van der Waals surface area contributed by atoms with Gasteiger partial charge in [0.15, 0.2) is 6.61 Å². The second-order valence-electron chi connectivity index (χ2n) is 7.20. The highest BCUT2D eigenvalue weighted by Crippen LogP contribution is 2.31. The van der Waals surface area contributed by atoms with Crippen LogP contribution in [0.2, 0.25) is 5.02 Å². The summed E-state index contributed by atoms with van der Waals surface area (Å²) in [4.78, 5) is 24.9. The van der Waals surface area contributed by atoms with Crippen molar-refractivity contribution in [2.75, 3.05) is 17.2 Å². The quantitative estimate of drug-likeness (QED) is 0.242. The normalized spacial score (nSPS) is 11.4. The molecule has 0 fully saturated rings. The Morgan fingerprint density at radius 1 is 1.06 bits per heavy atom. The highest BCUT2D eigenvalue weighted by molar-refractivity contribution is 9.10. The Kier molecular flexibility index (Phi) is 8.74. The third-order valence-electron chi connectivity index (χ3n) is 4.59. The molecule has 0 aliphatic rings. The molecule has 3 aromatic rings. The van der Waals surface area contributed by atoms with Crippen molar-refractivity contribution in [1.82, 2.24) is 0 Å². The van der Waals surface area contributed by atoms with Gasteiger partial charge in [-0.3, -0.25) is 9.59 Å². The predicted molar refractivity (Wildman–Crippen MR) is 133 cm³/mol. The molecule has 0 radical (unpaired) electrons. The molecule has 0 heterocycles. The number of halogens is 5. The van der Waals surface area contributed by atoms with Crippen molar-refractivity contribution in [3.8, 4) is 11.8 Å². The van der Waals surface area contributed by atoms with Crippen LogP contribution in [0.1, 0.15) is 11.1 Å². The standard InChI is InChI=1S/C25H16BrClF3N3O3/c26-18-8-9-22(36-14-23(34)33-21-7-2-1-6-20(21)27)15(11-18)10-16(13-31)24(35)32-19-5-3-4-17(12-19)25(28,29)30/h1-12H,14H2,(H,32,35)(H,33,34)/b16-10+. The SMILES string of the molecule is N#C/C(=C\c1cc(Br)ccc1OCC(=O)Nc1ccccc1Cl)C(=O)Nc1cccc(C(F)(F)F)c1. The first-order valence-electron chi connectivity index (χ1n) is 10.1. The van der Waals surface area contributed by atoms with Gasteiger partial charge in [0.1, 0.15) is 17.4 Å². The summed E-state index contributed by atoms with van der Waals surface area (Å²) < 4.78 is 45.0. The molecule has 6 nitrogen and oxygen atoms in total. The minimum atomic E-state index is -4.59. The average molecular weight is 579 g/mol. The van der Waals surface area contributed by atoms with Crippen molar-refractivity contribution in [1.29, 1.82) is 5.26 Å². The summed E-state index contributed by atoms with van der Waals surface area (Å²) in [6.07, 6.45) is -3.38. The summed E-state index contributed by atoms with van der Waals surface area (Å²) in [5, 5.41) is 14.7. The molecule has 0 aliphatic carbocycles. The maximum absolute atomic E-state index is 12.9. The zero-order chi connectivity index (χ0) is 26.3. The van der Waals surface area contributed by atoms with E-state index in [0.29, 0.717) is 15.2 Å². The third-order valence-corrected chi connectivity index (χ3v) is 5.41. The van der Waals surface area contributed by atoms with E-state index in [0.717, 1.165) is 18.2 Å². The summed E-state index contributed by atoms with van der Waals surface area (Å²) in [6, 6.07) is 17.1. The molecule has 36 heavy (non-hydrogen) atoms. The first-order chi connectivity index (χ1) is 17.1. The Hall–Kier alpha value is -3.81. The number of hydrogen-bond acceptors (Lipinski definition) is 4. The second kappa shape index (κ2) is 11.7. The van der Waals surface area contributed by atoms with Crippen LogP contribution in [0.3, 0.4) is 0 Å². The smallest absolute Gasteiger partial charge is 0.416 e. The van der Waals surface area contributed by atoms with E-state index in [2.05, 4.69) is 26.6 Å². The third kappa shape index (κ3) is 7.34. The molecule has 0 aromatic heterocycles. The number of benzene rings is 3. The summed E-state index contributed by atoms with van der Waals surface area (Å²) in [6.45, 7) is -0.397. The number of para-hydroxylation sites is 1. The lowest BCUT2D eigenvalue weighted by Gasteiger charge is -2.12. The van der Waals surface area contributed by atoms with Crippen LogP contribution in [-0.2, 0) is 15.8 Å². The van der Waals surface area contributed by atoms with Gasteiger partial charge in [0.05, 0.1) is 16.3 Å². The van der Waals surface area contributed by atoms with Crippen LogP contribution in [0.15, 0.2) is 76.8 Å². The largest absolute Gasteiger partial charge is 0.483 e. The van der Waals surface area contributed by atoms with Gasteiger partial charge in [-0.2, -0.15) is 18.4 Å². The fraction of sp³-hybridized carbons (Fsp3) is 0.0800. The van der Waals surface area contributed by atoms with Crippen molar-refractivity contribution in [2.45, 2.75) is 6.18 Å². The van der Waals surface area contributed by atoms with Gasteiger partial charge in [0, 0.05) is 15.7 Å². The number of alkyl halides is 3. The monoisotopic (exact) mass is 577 g/mol. The molecule has 0 saturated carbocycles. The van der Waals surface area contributed by atoms with Crippen molar-refractivity contribution < 1.29 is 27.5 Å². The Bertz CT molecular complexity index is 1370. The van der Waals surface area contributed by atoms with E-state index in [1.807, 2.05) is 0 Å². The van der Waals surface area contributed by atoms with Crippen LogP contribution in [0.4, 0.5) is 24.5 Å². The van der Waals surface area contributed by atoms with Gasteiger partial charge in [-0.25, -0.2) is 0 Å². The molecule has 0 spiro atoms. The Labute approximate surface area is 217 Å². The van der Waals surface area contributed by atoms with Gasteiger partial charge in [-0.05, 0) is 54.6 Å². The maximum atomic E-state index is 12.9. The van der Waals surface area contributed by atoms with Gasteiger partial charge in [-0.15, -0.1) is 0 Å². The Morgan fingerprint density at radius 2 is 1.81 bits per heavy atom. The van der Waals surface area contributed by atoms with Crippen molar-refractivity contribution in [2.24, 2.45) is 0 Å². The molecule has 2 N–H and O–H groups in total. The predicted octanol–water partition coefficient (Wildman–Crippen LogP) is 6.68. The maximum Gasteiger partial charge on any atom is 0.416 e. The minimum Gasteiger partial charge on any atom is -0.483 e. The fourth-order valence-corrected chi connectivity index (χ4v) is 3.49. The average Bonchev–Trinajstić information content (AvgIpc) is 2.83. The molecule has 0 unspecified atom stereocenters. The van der Waals surface area contributed by atoms with Gasteiger partial charge < -0.3 is 15.4 Å². The summed E-state index contributed by atoms with van der Waals surface area (Å²) in [7, 11) is 0. The lowest BCUT2D eigenvalue weighted by atomic mass is 10.1. The molecular formula is C25H16BrClF3N3O3. The molecule has 0 bridgehead atoms. The summed E-state index contributed by atoms with van der Waals surface area (Å²) in [5.74, 6) is -1.23. The van der Waals surface area contributed by atoms with Gasteiger partial charge >= 0.3 is 6.18 Å². The highest BCUT2D eigenvalue weighted by atomic mass is 79.9.